The van der Waals surface area contributed by atoms with Crippen LogP contribution in [-0.4, -0.2) is 58.3 Å². The van der Waals surface area contributed by atoms with E-state index in [0.29, 0.717) is 6.04 Å². The third-order valence-corrected chi connectivity index (χ3v) is 6.32. The lowest BCUT2D eigenvalue weighted by atomic mass is 9.84. The van der Waals surface area contributed by atoms with Crippen LogP contribution in [0.3, 0.4) is 0 Å². The lowest BCUT2D eigenvalue weighted by molar-refractivity contribution is -0.149. The number of carboxylic acid groups (broad SMARTS) is 1. The smallest absolute Gasteiger partial charge is 0.321 e. The van der Waals surface area contributed by atoms with E-state index in [9.17, 15) is 9.90 Å². The number of rotatable bonds is 2. The van der Waals surface area contributed by atoms with Gasteiger partial charge >= 0.3 is 5.97 Å². The lowest BCUT2D eigenvalue weighted by Gasteiger charge is -2.46. The van der Waals surface area contributed by atoms with Crippen LogP contribution < -0.4 is 0 Å². The molecule has 3 rings (SSSR count). The molecule has 3 aliphatic rings. The highest BCUT2D eigenvalue weighted by atomic mass is 32.2. The van der Waals surface area contributed by atoms with Crippen molar-refractivity contribution in [3.63, 3.8) is 0 Å². The van der Waals surface area contributed by atoms with Gasteiger partial charge in [-0.25, -0.2) is 0 Å². The van der Waals surface area contributed by atoms with Crippen molar-refractivity contribution in [1.82, 2.24) is 4.90 Å². The van der Waals surface area contributed by atoms with Gasteiger partial charge in [-0.05, 0) is 56.1 Å². The summed E-state index contributed by atoms with van der Waals surface area (Å²) in [6.45, 7) is 3.81. The third-order valence-electron chi connectivity index (χ3n) is 5.33. The molecule has 20 heavy (non-hydrogen) atoms. The van der Waals surface area contributed by atoms with Crippen molar-refractivity contribution in [3.05, 3.63) is 0 Å². The van der Waals surface area contributed by atoms with E-state index < -0.39 is 5.97 Å². The van der Waals surface area contributed by atoms with Gasteiger partial charge in [0, 0.05) is 12.6 Å². The minimum atomic E-state index is -0.644. The van der Waals surface area contributed by atoms with Gasteiger partial charge in [-0.15, -0.1) is 0 Å². The Hall–Kier alpha value is -0.260. The monoisotopic (exact) mass is 299 g/mol. The average molecular weight is 299 g/mol. The van der Waals surface area contributed by atoms with Crippen molar-refractivity contribution >= 4 is 17.7 Å². The fraction of sp³-hybridized carbons (Fsp3) is 0.933. The Morgan fingerprint density at radius 1 is 1.35 bits per heavy atom. The van der Waals surface area contributed by atoms with Crippen LogP contribution in [0.2, 0.25) is 0 Å². The molecule has 5 heteroatoms. The zero-order valence-electron chi connectivity index (χ0n) is 12.2. The average Bonchev–Trinajstić information content (AvgIpc) is 2.82. The van der Waals surface area contributed by atoms with Gasteiger partial charge in [-0.2, -0.15) is 11.8 Å². The third kappa shape index (κ3) is 2.72. The fourth-order valence-electron chi connectivity index (χ4n) is 4.15. The van der Waals surface area contributed by atoms with Gasteiger partial charge in [0.25, 0.3) is 0 Å². The number of carbonyl (C=O) groups is 1. The Morgan fingerprint density at radius 3 is 2.80 bits per heavy atom. The van der Waals surface area contributed by atoms with Gasteiger partial charge < -0.3 is 9.84 Å². The van der Waals surface area contributed by atoms with Crippen LogP contribution in [0.4, 0.5) is 0 Å². The molecule has 0 bridgehead atoms. The Labute approximate surface area is 125 Å². The lowest BCUT2D eigenvalue weighted by Crippen LogP contribution is -2.53. The van der Waals surface area contributed by atoms with Crippen LogP contribution in [-0.2, 0) is 9.53 Å². The number of aliphatic carboxylic acids is 1. The molecule has 3 aliphatic heterocycles. The zero-order valence-corrected chi connectivity index (χ0v) is 13.0. The summed E-state index contributed by atoms with van der Waals surface area (Å²) in [5, 5.41) is 9.51. The summed E-state index contributed by atoms with van der Waals surface area (Å²) in [4.78, 5) is 13.8. The second kappa shape index (κ2) is 5.85. The van der Waals surface area contributed by atoms with E-state index >= 15 is 0 Å². The molecule has 0 saturated carbocycles. The van der Waals surface area contributed by atoms with E-state index in [-0.39, 0.29) is 17.6 Å². The minimum Gasteiger partial charge on any atom is -0.480 e. The van der Waals surface area contributed by atoms with E-state index in [2.05, 4.69) is 11.8 Å². The Bertz CT molecular complexity index is 365. The molecule has 3 atom stereocenters. The first-order chi connectivity index (χ1) is 9.61. The second-order valence-corrected chi connectivity index (χ2v) is 7.80. The van der Waals surface area contributed by atoms with Crippen LogP contribution >= 0.6 is 11.8 Å². The largest absolute Gasteiger partial charge is 0.480 e. The number of nitrogens with zero attached hydrogens (tertiary/aromatic N) is 1. The van der Waals surface area contributed by atoms with Crippen molar-refractivity contribution < 1.29 is 14.6 Å². The van der Waals surface area contributed by atoms with Crippen molar-refractivity contribution in [2.24, 2.45) is 5.92 Å². The topological polar surface area (TPSA) is 49.8 Å². The molecule has 0 aromatic carbocycles. The first kappa shape index (κ1) is 14.7. The molecule has 114 valence electrons. The molecular formula is C15H25NO3S. The maximum Gasteiger partial charge on any atom is 0.321 e. The van der Waals surface area contributed by atoms with E-state index in [0.717, 1.165) is 45.3 Å². The van der Waals surface area contributed by atoms with Crippen LogP contribution in [0.15, 0.2) is 0 Å². The molecule has 4 nitrogen and oxygen atoms in total. The SMILES string of the molecule is CC1CCN(C2CCOC3(CCSCC3)C2)C1C(=O)O. The Balaban J connectivity index is 1.71. The molecule has 0 aliphatic carbocycles. The van der Waals surface area contributed by atoms with E-state index in [4.69, 9.17) is 4.74 Å². The molecule has 1 spiro atoms. The number of hydrogen-bond acceptors (Lipinski definition) is 4. The quantitative estimate of drug-likeness (QED) is 0.847. The van der Waals surface area contributed by atoms with Gasteiger partial charge in [-0.1, -0.05) is 6.92 Å². The molecule has 0 radical (unpaired) electrons. The number of carboxylic acids is 1. The summed E-state index contributed by atoms with van der Waals surface area (Å²) in [5.74, 6) is 2.00. The Kier molecular flexibility index (Phi) is 4.29. The van der Waals surface area contributed by atoms with E-state index in [1.165, 1.54) is 11.5 Å². The summed E-state index contributed by atoms with van der Waals surface area (Å²) in [5.41, 5.74) is 0.0447. The molecule has 3 saturated heterocycles. The number of hydrogen-bond donors (Lipinski definition) is 1. The van der Waals surface area contributed by atoms with Gasteiger partial charge in [0.15, 0.2) is 0 Å². The maximum absolute atomic E-state index is 11.6. The predicted octanol–water partition coefficient (Wildman–Crippen LogP) is 2.23. The summed E-state index contributed by atoms with van der Waals surface area (Å²) in [6, 6.07) is 0.117. The highest BCUT2D eigenvalue weighted by molar-refractivity contribution is 7.99. The normalized spacial score (nSPS) is 38.1. The van der Waals surface area contributed by atoms with Crippen LogP contribution in [0.25, 0.3) is 0 Å². The fourth-order valence-corrected chi connectivity index (χ4v) is 5.39. The number of thioether (sulfide) groups is 1. The minimum absolute atomic E-state index is 0.0447. The Morgan fingerprint density at radius 2 is 2.10 bits per heavy atom. The summed E-state index contributed by atoms with van der Waals surface area (Å²) in [6.07, 6.45) is 5.30. The molecule has 1 N–H and O–H groups in total. The van der Waals surface area contributed by atoms with Gasteiger partial charge in [0.1, 0.15) is 6.04 Å². The highest BCUT2D eigenvalue weighted by Gasteiger charge is 2.46. The molecule has 3 fully saturated rings. The number of likely N-dealkylation sites (tertiary alicyclic amines) is 1. The van der Waals surface area contributed by atoms with Gasteiger partial charge in [-0.3, -0.25) is 9.69 Å². The van der Waals surface area contributed by atoms with Crippen molar-refractivity contribution in [1.29, 1.82) is 0 Å². The van der Waals surface area contributed by atoms with Crippen LogP contribution in [0, 0.1) is 5.92 Å². The molecule has 3 unspecified atom stereocenters. The van der Waals surface area contributed by atoms with Crippen molar-refractivity contribution in [2.45, 2.75) is 56.7 Å². The summed E-state index contributed by atoms with van der Waals surface area (Å²) >= 11 is 2.01. The molecule has 0 aromatic heterocycles. The maximum atomic E-state index is 11.6. The van der Waals surface area contributed by atoms with Crippen LogP contribution in [0.1, 0.15) is 39.0 Å². The highest BCUT2D eigenvalue weighted by Crippen LogP contribution is 2.41. The van der Waals surface area contributed by atoms with Gasteiger partial charge in [0.05, 0.1) is 5.60 Å². The first-order valence-corrected chi connectivity index (χ1v) is 8.97. The molecule has 0 aromatic rings. The summed E-state index contributed by atoms with van der Waals surface area (Å²) in [7, 11) is 0. The van der Waals surface area contributed by atoms with Crippen LogP contribution in [0.5, 0.6) is 0 Å². The van der Waals surface area contributed by atoms with Crippen molar-refractivity contribution in [3.8, 4) is 0 Å². The second-order valence-electron chi connectivity index (χ2n) is 6.58. The zero-order chi connectivity index (χ0) is 14.2. The van der Waals surface area contributed by atoms with E-state index in [1.807, 2.05) is 11.8 Å². The predicted molar refractivity (Wildman–Crippen MR) is 80.2 cm³/mol. The molecular weight excluding hydrogens is 274 g/mol. The van der Waals surface area contributed by atoms with Crippen molar-refractivity contribution in [2.75, 3.05) is 24.7 Å². The van der Waals surface area contributed by atoms with Gasteiger partial charge in [0.2, 0.25) is 0 Å². The molecule has 3 heterocycles. The number of ether oxygens (including phenoxy) is 1. The standard InChI is InChI=1S/C15H25NO3S/c1-11-2-6-16(13(11)14(17)18)12-3-7-19-15(10-12)4-8-20-9-5-15/h11-13H,2-10H2,1H3,(H,17,18). The first-order valence-electron chi connectivity index (χ1n) is 7.82. The molecule has 0 amide bonds. The van der Waals surface area contributed by atoms with E-state index in [1.54, 1.807) is 0 Å². The summed E-state index contributed by atoms with van der Waals surface area (Å²) < 4.78 is 6.13.